The molecule has 0 bridgehead atoms. The number of aliphatic hydroxyl groups is 1. The molecule has 5 heteroatoms. The van der Waals surface area contributed by atoms with Crippen molar-refractivity contribution in [2.75, 3.05) is 31.1 Å². The third-order valence-electron chi connectivity index (χ3n) is 4.04. The van der Waals surface area contributed by atoms with Crippen molar-refractivity contribution < 1.29 is 5.11 Å². The number of likely N-dealkylation sites (N-methyl/N-ethyl adjacent to an activating group) is 1. The van der Waals surface area contributed by atoms with Gasteiger partial charge in [-0.2, -0.15) is 0 Å². The lowest BCUT2D eigenvalue weighted by molar-refractivity contribution is 0.198. The van der Waals surface area contributed by atoms with E-state index in [0.717, 1.165) is 43.4 Å². The van der Waals surface area contributed by atoms with Crippen LogP contribution in [0.25, 0.3) is 0 Å². The van der Waals surface area contributed by atoms with Gasteiger partial charge >= 0.3 is 0 Å². The lowest BCUT2D eigenvalue weighted by Gasteiger charge is -2.40. The largest absolute Gasteiger partial charge is 0.390 e. The minimum Gasteiger partial charge on any atom is -0.390 e. The number of aliphatic hydroxyl groups excluding tert-OH is 1. The quantitative estimate of drug-likeness (QED) is 0.907. The minimum absolute atomic E-state index is 0.0278. The highest BCUT2D eigenvalue weighted by atomic mass is 16.3. The Bertz CT molecular complexity index is 449. The maximum absolute atomic E-state index is 9.59. The fourth-order valence-electron chi connectivity index (χ4n) is 2.77. The molecule has 1 aromatic rings. The Morgan fingerprint density at radius 2 is 2.15 bits per heavy atom. The normalized spacial score (nSPS) is 20.7. The van der Waals surface area contributed by atoms with Crippen LogP contribution in [0.4, 0.5) is 5.69 Å². The van der Waals surface area contributed by atoms with Crippen LogP contribution in [0.1, 0.15) is 45.1 Å². The monoisotopic (exact) mass is 278 g/mol. The van der Waals surface area contributed by atoms with Crippen LogP contribution in [0.5, 0.6) is 0 Å². The van der Waals surface area contributed by atoms with Crippen molar-refractivity contribution in [3.05, 3.63) is 17.7 Å². The summed E-state index contributed by atoms with van der Waals surface area (Å²) in [6.45, 7) is 12.6. The van der Waals surface area contributed by atoms with Gasteiger partial charge in [-0.3, -0.25) is 4.90 Å². The van der Waals surface area contributed by atoms with Gasteiger partial charge in [0.15, 0.2) is 0 Å². The van der Waals surface area contributed by atoms with Gasteiger partial charge in [-0.05, 0) is 13.5 Å². The van der Waals surface area contributed by atoms with Gasteiger partial charge in [0.1, 0.15) is 5.82 Å². The highest BCUT2D eigenvalue weighted by molar-refractivity contribution is 5.49. The predicted octanol–water partition coefficient (Wildman–Crippen LogP) is 1.62. The van der Waals surface area contributed by atoms with Gasteiger partial charge in [-0.1, -0.05) is 20.8 Å². The van der Waals surface area contributed by atoms with Gasteiger partial charge in [0.25, 0.3) is 0 Å². The first-order valence-corrected chi connectivity index (χ1v) is 7.52. The van der Waals surface area contributed by atoms with E-state index in [1.54, 1.807) is 0 Å². The first-order chi connectivity index (χ1) is 9.56. The van der Waals surface area contributed by atoms with Crippen molar-refractivity contribution in [3.63, 3.8) is 0 Å². The van der Waals surface area contributed by atoms with Gasteiger partial charge in [0.2, 0.25) is 0 Å². The minimum atomic E-state index is -0.0278. The second-order valence-corrected chi connectivity index (χ2v) is 5.80. The van der Waals surface area contributed by atoms with E-state index in [4.69, 9.17) is 0 Å². The summed E-state index contributed by atoms with van der Waals surface area (Å²) in [7, 11) is 0. The van der Waals surface area contributed by atoms with E-state index >= 15 is 0 Å². The van der Waals surface area contributed by atoms with Crippen LogP contribution < -0.4 is 4.90 Å². The second-order valence-electron chi connectivity index (χ2n) is 5.80. The van der Waals surface area contributed by atoms with E-state index in [0.29, 0.717) is 6.04 Å². The summed E-state index contributed by atoms with van der Waals surface area (Å²) in [6, 6.07) is 0.519. The molecule has 1 aliphatic rings. The molecule has 1 fully saturated rings. The molecule has 112 valence electrons. The molecule has 1 atom stereocenters. The van der Waals surface area contributed by atoms with Crippen molar-refractivity contribution in [1.29, 1.82) is 0 Å². The van der Waals surface area contributed by atoms with Gasteiger partial charge < -0.3 is 10.0 Å². The average molecular weight is 278 g/mol. The van der Waals surface area contributed by atoms with E-state index in [-0.39, 0.29) is 12.5 Å². The van der Waals surface area contributed by atoms with E-state index in [1.165, 1.54) is 0 Å². The van der Waals surface area contributed by atoms with Crippen molar-refractivity contribution in [3.8, 4) is 0 Å². The van der Waals surface area contributed by atoms with Crippen LogP contribution >= 0.6 is 0 Å². The maximum atomic E-state index is 9.59. The van der Waals surface area contributed by atoms with Gasteiger partial charge in [-0.25, -0.2) is 9.97 Å². The third-order valence-corrected chi connectivity index (χ3v) is 4.04. The van der Waals surface area contributed by atoms with Crippen molar-refractivity contribution in [2.45, 2.75) is 46.3 Å². The molecule has 1 unspecified atom stereocenters. The molecule has 1 aliphatic heterocycles. The Labute approximate surface area is 121 Å². The number of nitrogens with zero attached hydrogens (tertiary/aromatic N) is 4. The standard InChI is InChI=1S/C15H26N4O/c1-5-18-6-7-19(9-12(18)4)14-8-16-15(11(2)3)17-13(14)10-20/h8,11-12,20H,5-7,9-10H2,1-4H3. The van der Waals surface area contributed by atoms with E-state index in [9.17, 15) is 5.11 Å². The van der Waals surface area contributed by atoms with Crippen molar-refractivity contribution in [1.82, 2.24) is 14.9 Å². The number of anilines is 1. The summed E-state index contributed by atoms with van der Waals surface area (Å²) in [6.07, 6.45) is 1.88. The smallest absolute Gasteiger partial charge is 0.131 e. The number of aromatic nitrogens is 2. The first-order valence-electron chi connectivity index (χ1n) is 7.52. The molecule has 0 amide bonds. The molecule has 5 nitrogen and oxygen atoms in total. The molecule has 2 heterocycles. The highest BCUT2D eigenvalue weighted by Crippen LogP contribution is 2.23. The summed E-state index contributed by atoms with van der Waals surface area (Å²) >= 11 is 0. The predicted molar refractivity (Wildman–Crippen MR) is 81.0 cm³/mol. The zero-order chi connectivity index (χ0) is 14.7. The molecular weight excluding hydrogens is 252 g/mol. The zero-order valence-corrected chi connectivity index (χ0v) is 13.0. The van der Waals surface area contributed by atoms with E-state index in [1.807, 2.05) is 6.20 Å². The average Bonchev–Trinajstić information content (AvgIpc) is 2.46. The van der Waals surface area contributed by atoms with Crippen LogP contribution in [0.15, 0.2) is 6.20 Å². The molecule has 0 aliphatic carbocycles. The third kappa shape index (κ3) is 3.10. The SMILES string of the molecule is CCN1CCN(c2cnc(C(C)C)nc2CO)CC1C. The number of rotatable bonds is 4. The van der Waals surface area contributed by atoms with Gasteiger partial charge in [-0.15, -0.1) is 0 Å². The van der Waals surface area contributed by atoms with Gasteiger partial charge in [0.05, 0.1) is 24.2 Å². The zero-order valence-electron chi connectivity index (χ0n) is 13.0. The molecule has 1 aromatic heterocycles. The molecule has 0 spiro atoms. The lowest BCUT2D eigenvalue weighted by Crippen LogP contribution is -2.52. The summed E-state index contributed by atoms with van der Waals surface area (Å²) in [5.41, 5.74) is 1.74. The Balaban J connectivity index is 2.20. The molecule has 2 rings (SSSR count). The van der Waals surface area contributed by atoms with E-state index in [2.05, 4.69) is 47.5 Å². The number of hydrogen-bond donors (Lipinski definition) is 1. The van der Waals surface area contributed by atoms with Crippen LogP contribution in [-0.2, 0) is 6.61 Å². The maximum Gasteiger partial charge on any atom is 0.131 e. The molecule has 0 saturated carbocycles. The van der Waals surface area contributed by atoms with Crippen LogP contribution in [0.3, 0.4) is 0 Å². The van der Waals surface area contributed by atoms with Crippen molar-refractivity contribution in [2.24, 2.45) is 0 Å². The molecule has 1 N–H and O–H groups in total. The van der Waals surface area contributed by atoms with E-state index < -0.39 is 0 Å². The lowest BCUT2D eigenvalue weighted by atomic mass is 10.1. The van der Waals surface area contributed by atoms with Gasteiger partial charge in [0, 0.05) is 31.6 Å². The topological polar surface area (TPSA) is 52.5 Å². The molecule has 20 heavy (non-hydrogen) atoms. The second kappa shape index (κ2) is 6.50. The number of hydrogen-bond acceptors (Lipinski definition) is 5. The Hall–Kier alpha value is -1.20. The fraction of sp³-hybridized carbons (Fsp3) is 0.733. The molecule has 0 aromatic carbocycles. The summed E-state index contributed by atoms with van der Waals surface area (Å²) in [5.74, 6) is 1.09. The summed E-state index contributed by atoms with van der Waals surface area (Å²) in [4.78, 5) is 13.7. The summed E-state index contributed by atoms with van der Waals surface area (Å²) < 4.78 is 0. The highest BCUT2D eigenvalue weighted by Gasteiger charge is 2.24. The van der Waals surface area contributed by atoms with Crippen LogP contribution in [-0.4, -0.2) is 52.2 Å². The Kier molecular flexibility index (Phi) is 4.94. The van der Waals surface area contributed by atoms with Crippen molar-refractivity contribution >= 4 is 5.69 Å². The molecular formula is C15H26N4O. The fourth-order valence-corrected chi connectivity index (χ4v) is 2.77. The van der Waals surface area contributed by atoms with Crippen LogP contribution in [0, 0.1) is 0 Å². The van der Waals surface area contributed by atoms with Crippen LogP contribution in [0.2, 0.25) is 0 Å². The first kappa shape index (κ1) is 15.2. The molecule has 1 saturated heterocycles. The Morgan fingerprint density at radius 1 is 1.40 bits per heavy atom. The number of piperazine rings is 1. The molecule has 0 radical (unpaired) electrons. The Morgan fingerprint density at radius 3 is 2.70 bits per heavy atom. The summed E-state index contributed by atoms with van der Waals surface area (Å²) in [5, 5.41) is 9.59.